The highest BCUT2D eigenvalue weighted by Crippen LogP contribution is 2.16. The van der Waals surface area contributed by atoms with Crippen molar-refractivity contribution in [3.05, 3.63) is 48.4 Å². The zero-order valence-electron chi connectivity index (χ0n) is 9.85. The van der Waals surface area contributed by atoms with Gasteiger partial charge in [0, 0.05) is 11.4 Å². The molecule has 2 rings (SSSR count). The first-order valence-corrected chi connectivity index (χ1v) is 6.02. The largest absolute Gasteiger partial charge is 0.472 e. The lowest BCUT2D eigenvalue weighted by atomic mass is 10.2. The third kappa shape index (κ3) is 3.59. The first kappa shape index (κ1) is 13.2. The molecule has 1 aromatic carbocycles. The molecule has 0 saturated carbocycles. The molecule has 2 amide bonds. The Balaban J connectivity index is 2.07. The lowest BCUT2D eigenvalue weighted by Crippen LogP contribution is -2.14. The minimum absolute atomic E-state index is 0.119. The number of hydrogen-bond acceptors (Lipinski definition) is 3. The molecule has 5 nitrogen and oxygen atoms in total. The molecule has 98 valence electrons. The number of alkyl halides is 1. The van der Waals surface area contributed by atoms with E-state index in [-0.39, 0.29) is 17.7 Å². The van der Waals surface area contributed by atoms with Crippen LogP contribution in [0.3, 0.4) is 0 Å². The van der Waals surface area contributed by atoms with Crippen molar-refractivity contribution in [1.82, 2.24) is 0 Å². The quantitative estimate of drug-likeness (QED) is 0.845. The van der Waals surface area contributed by atoms with Gasteiger partial charge in [-0.2, -0.15) is 0 Å². The molecule has 0 saturated heterocycles. The summed E-state index contributed by atoms with van der Waals surface area (Å²) < 4.78 is 4.83. The Hall–Kier alpha value is -2.27. The maximum Gasteiger partial charge on any atom is 0.258 e. The van der Waals surface area contributed by atoms with E-state index in [9.17, 15) is 9.59 Å². The average molecular weight is 279 g/mol. The summed E-state index contributed by atoms with van der Waals surface area (Å²) in [4.78, 5) is 22.9. The summed E-state index contributed by atoms with van der Waals surface area (Å²) in [6.07, 6.45) is 2.78. The second-order valence-corrected chi connectivity index (χ2v) is 4.00. The van der Waals surface area contributed by atoms with Gasteiger partial charge in [0.2, 0.25) is 5.91 Å². The normalized spacial score (nSPS) is 9.95. The number of rotatable bonds is 4. The van der Waals surface area contributed by atoms with Crippen LogP contribution < -0.4 is 10.6 Å². The van der Waals surface area contributed by atoms with Crippen LogP contribution in [-0.2, 0) is 4.79 Å². The fraction of sp³-hybridized carbons (Fsp3) is 0.0769. The number of hydrogen-bond donors (Lipinski definition) is 2. The summed E-state index contributed by atoms with van der Waals surface area (Å²) >= 11 is 5.40. The molecule has 0 atom stereocenters. The van der Waals surface area contributed by atoms with Crippen LogP contribution in [0.4, 0.5) is 11.4 Å². The maximum atomic E-state index is 11.8. The van der Waals surface area contributed by atoms with Crippen LogP contribution in [0.2, 0.25) is 0 Å². The monoisotopic (exact) mass is 278 g/mol. The number of carbonyl (C=O) groups excluding carboxylic acids is 2. The zero-order chi connectivity index (χ0) is 13.7. The highest BCUT2D eigenvalue weighted by molar-refractivity contribution is 6.29. The Bertz CT molecular complexity index is 581. The van der Waals surface area contributed by atoms with E-state index in [2.05, 4.69) is 10.6 Å². The SMILES string of the molecule is O=C(CCl)Nc1cccc(NC(=O)c2ccoc2)c1. The van der Waals surface area contributed by atoms with Crippen molar-refractivity contribution in [3.63, 3.8) is 0 Å². The van der Waals surface area contributed by atoms with Crippen LogP contribution >= 0.6 is 11.6 Å². The molecule has 0 bridgehead atoms. The van der Waals surface area contributed by atoms with Gasteiger partial charge in [0.25, 0.3) is 5.91 Å². The molecule has 6 heteroatoms. The second kappa shape index (κ2) is 6.06. The number of carbonyl (C=O) groups is 2. The van der Waals surface area contributed by atoms with E-state index in [4.69, 9.17) is 16.0 Å². The van der Waals surface area contributed by atoms with Gasteiger partial charge in [-0.1, -0.05) is 6.07 Å². The first-order chi connectivity index (χ1) is 9.19. The van der Waals surface area contributed by atoms with E-state index in [1.165, 1.54) is 12.5 Å². The molecular formula is C13H11ClN2O3. The molecule has 19 heavy (non-hydrogen) atoms. The van der Waals surface area contributed by atoms with Crippen LogP contribution in [0.5, 0.6) is 0 Å². The van der Waals surface area contributed by atoms with E-state index in [1.807, 2.05) is 0 Å². The van der Waals surface area contributed by atoms with E-state index < -0.39 is 0 Å². The molecule has 0 fully saturated rings. The number of nitrogens with one attached hydrogen (secondary N) is 2. The van der Waals surface area contributed by atoms with Gasteiger partial charge in [0.15, 0.2) is 0 Å². The number of amides is 2. The summed E-state index contributed by atoms with van der Waals surface area (Å²) in [5, 5.41) is 5.29. The van der Waals surface area contributed by atoms with Gasteiger partial charge >= 0.3 is 0 Å². The van der Waals surface area contributed by atoms with Crippen molar-refractivity contribution in [2.75, 3.05) is 16.5 Å². The topological polar surface area (TPSA) is 71.3 Å². The van der Waals surface area contributed by atoms with E-state index >= 15 is 0 Å². The molecule has 1 aromatic heterocycles. The molecule has 2 N–H and O–H groups in total. The van der Waals surface area contributed by atoms with E-state index in [1.54, 1.807) is 30.3 Å². The molecule has 1 heterocycles. The van der Waals surface area contributed by atoms with Crippen molar-refractivity contribution in [2.24, 2.45) is 0 Å². The molecule has 0 radical (unpaired) electrons. The lowest BCUT2D eigenvalue weighted by molar-refractivity contribution is -0.113. The Morgan fingerprint density at radius 1 is 1.16 bits per heavy atom. The van der Waals surface area contributed by atoms with Gasteiger partial charge in [-0.3, -0.25) is 9.59 Å². The Labute approximate surface area is 114 Å². The summed E-state index contributed by atoms with van der Waals surface area (Å²) in [5.74, 6) is -0.708. The third-order valence-corrected chi connectivity index (χ3v) is 2.55. The molecule has 0 aliphatic heterocycles. The highest BCUT2D eigenvalue weighted by Gasteiger charge is 2.07. The Morgan fingerprint density at radius 3 is 2.53 bits per heavy atom. The van der Waals surface area contributed by atoms with Crippen LogP contribution in [0.1, 0.15) is 10.4 Å². The second-order valence-electron chi connectivity index (χ2n) is 3.73. The molecule has 2 aromatic rings. The smallest absolute Gasteiger partial charge is 0.258 e. The zero-order valence-corrected chi connectivity index (χ0v) is 10.6. The van der Waals surface area contributed by atoms with E-state index in [0.29, 0.717) is 16.9 Å². The third-order valence-electron chi connectivity index (χ3n) is 2.31. The predicted octanol–water partition coefficient (Wildman–Crippen LogP) is 2.71. The summed E-state index contributed by atoms with van der Waals surface area (Å²) in [6, 6.07) is 8.35. The van der Waals surface area contributed by atoms with Crippen LogP contribution in [0, 0.1) is 0 Å². The number of halogens is 1. The minimum atomic E-state index is -0.306. The van der Waals surface area contributed by atoms with Gasteiger partial charge < -0.3 is 15.1 Å². The Kier molecular flexibility index (Phi) is 4.20. The fourth-order valence-electron chi connectivity index (χ4n) is 1.47. The van der Waals surface area contributed by atoms with Crippen molar-refractivity contribution >= 4 is 34.8 Å². The molecule has 0 spiro atoms. The number of furan rings is 1. The van der Waals surface area contributed by atoms with Crippen molar-refractivity contribution < 1.29 is 14.0 Å². The van der Waals surface area contributed by atoms with Crippen molar-refractivity contribution in [3.8, 4) is 0 Å². The van der Waals surface area contributed by atoms with Gasteiger partial charge in [0.1, 0.15) is 12.1 Å². The molecule has 0 aliphatic carbocycles. The summed E-state index contributed by atoms with van der Waals surface area (Å²) in [6.45, 7) is 0. The predicted molar refractivity (Wildman–Crippen MR) is 72.5 cm³/mol. The average Bonchev–Trinajstić information content (AvgIpc) is 2.93. The standard InChI is InChI=1S/C13H11ClN2O3/c14-7-12(17)15-10-2-1-3-11(6-10)16-13(18)9-4-5-19-8-9/h1-6,8H,7H2,(H,15,17)(H,16,18). The first-order valence-electron chi connectivity index (χ1n) is 5.48. The number of benzene rings is 1. The molecule has 0 aliphatic rings. The fourth-order valence-corrected chi connectivity index (χ4v) is 1.53. The summed E-state index contributed by atoms with van der Waals surface area (Å²) in [7, 11) is 0. The van der Waals surface area contributed by atoms with Crippen molar-refractivity contribution in [2.45, 2.75) is 0 Å². The van der Waals surface area contributed by atoms with Crippen molar-refractivity contribution in [1.29, 1.82) is 0 Å². The molecular weight excluding hydrogens is 268 g/mol. The van der Waals surface area contributed by atoms with Crippen LogP contribution in [-0.4, -0.2) is 17.7 Å². The van der Waals surface area contributed by atoms with Gasteiger partial charge in [-0.05, 0) is 24.3 Å². The Morgan fingerprint density at radius 2 is 1.89 bits per heavy atom. The van der Waals surface area contributed by atoms with Crippen LogP contribution in [0.15, 0.2) is 47.3 Å². The number of anilines is 2. The molecule has 0 unspecified atom stereocenters. The van der Waals surface area contributed by atoms with E-state index in [0.717, 1.165) is 0 Å². The van der Waals surface area contributed by atoms with Gasteiger partial charge in [0.05, 0.1) is 11.8 Å². The summed E-state index contributed by atoms with van der Waals surface area (Å²) in [5.41, 5.74) is 1.56. The maximum absolute atomic E-state index is 11.8. The van der Waals surface area contributed by atoms with Crippen LogP contribution in [0.25, 0.3) is 0 Å². The lowest BCUT2D eigenvalue weighted by Gasteiger charge is -2.07. The highest BCUT2D eigenvalue weighted by atomic mass is 35.5. The van der Waals surface area contributed by atoms with Gasteiger partial charge in [-0.25, -0.2) is 0 Å². The minimum Gasteiger partial charge on any atom is -0.472 e. The van der Waals surface area contributed by atoms with Gasteiger partial charge in [-0.15, -0.1) is 11.6 Å².